The van der Waals surface area contributed by atoms with Gasteiger partial charge in [0, 0.05) is 25.6 Å². The van der Waals surface area contributed by atoms with Crippen molar-refractivity contribution in [1.82, 2.24) is 14.5 Å². The second kappa shape index (κ2) is 6.55. The number of fused-ring (bicyclic) bond motifs is 1. The van der Waals surface area contributed by atoms with E-state index >= 15 is 0 Å². The first-order chi connectivity index (χ1) is 9.22. The van der Waals surface area contributed by atoms with Gasteiger partial charge in [-0.05, 0) is 6.42 Å². The summed E-state index contributed by atoms with van der Waals surface area (Å²) >= 11 is 12.1. The third-order valence-corrected chi connectivity index (χ3v) is 3.60. The molecule has 0 aliphatic heterocycles. The van der Waals surface area contributed by atoms with Crippen molar-refractivity contribution in [1.29, 1.82) is 0 Å². The van der Waals surface area contributed by atoms with Crippen LogP contribution in [0.5, 0.6) is 0 Å². The predicted molar refractivity (Wildman–Crippen MR) is 78.2 cm³/mol. The van der Waals surface area contributed by atoms with E-state index in [1.807, 2.05) is 0 Å². The van der Waals surface area contributed by atoms with Crippen molar-refractivity contribution in [2.24, 2.45) is 0 Å². The topological polar surface area (TPSA) is 39.9 Å². The summed E-state index contributed by atoms with van der Waals surface area (Å²) in [6.45, 7) is 2.74. The fraction of sp³-hybridized carbons (Fsp3) is 0.538. The number of hydrogen-bond acceptors (Lipinski definition) is 3. The van der Waals surface area contributed by atoms with Crippen LogP contribution in [0.25, 0.3) is 11.0 Å². The molecule has 104 valence electrons. The number of alkyl halides is 1. The van der Waals surface area contributed by atoms with Crippen molar-refractivity contribution in [2.75, 3.05) is 19.6 Å². The molecule has 6 heteroatoms. The van der Waals surface area contributed by atoms with Crippen LogP contribution in [0.15, 0.2) is 12.4 Å². The average molecular weight is 302 g/mol. The van der Waals surface area contributed by atoms with Crippen LogP contribution < -0.4 is 0 Å². The van der Waals surface area contributed by atoms with Crippen LogP contribution >= 0.6 is 23.2 Å². The first-order valence-electron chi connectivity index (χ1n) is 6.28. The summed E-state index contributed by atoms with van der Waals surface area (Å²) in [5.74, 6) is 1.46. The molecule has 0 aliphatic carbocycles. The van der Waals surface area contributed by atoms with E-state index in [-0.39, 0.29) is 6.04 Å². The molecule has 1 unspecified atom stereocenters. The number of methoxy groups -OCH3 is 1. The van der Waals surface area contributed by atoms with Crippen LogP contribution in [0.3, 0.4) is 0 Å². The van der Waals surface area contributed by atoms with Gasteiger partial charge in [-0.1, -0.05) is 18.5 Å². The molecule has 2 aromatic heterocycles. The van der Waals surface area contributed by atoms with Gasteiger partial charge in [0.15, 0.2) is 0 Å². The van der Waals surface area contributed by atoms with Crippen molar-refractivity contribution >= 4 is 34.2 Å². The van der Waals surface area contributed by atoms with Gasteiger partial charge in [0.25, 0.3) is 0 Å². The van der Waals surface area contributed by atoms with E-state index in [1.165, 1.54) is 0 Å². The summed E-state index contributed by atoms with van der Waals surface area (Å²) < 4.78 is 7.44. The summed E-state index contributed by atoms with van der Waals surface area (Å²) in [7, 11) is 1.70. The Bertz CT molecular complexity index is 556. The molecule has 2 heterocycles. The van der Waals surface area contributed by atoms with E-state index in [9.17, 15) is 0 Å². The third kappa shape index (κ3) is 2.86. The first-order valence-corrected chi connectivity index (χ1v) is 7.19. The predicted octanol–water partition coefficient (Wildman–Crippen LogP) is 3.46. The zero-order chi connectivity index (χ0) is 13.8. The summed E-state index contributed by atoms with van der Waals surface area (Å²) in [5, 5.41) is 0.611. The number of rotatable bonds is 6. The molecule has 0 aromatic carbocycles. The molecular formula is C13H17Cl2N3O. The Morgan fingerprint density at radius 2 is 2.21 bits per heavy atom. The third-order valence-electron chi connectivity index (χ3n) is 3.14. The van der Waals surface area contributed by atoms with Gasteiger partial charge in [-0.3, -0.25) is 4.98 Å². The van der Waals surface area contributed by atoms with Crippen LogP contribution in [0.2, 0.25) is 5.02 Å². The van der Waals surface area contributed by atoms with Crippen LogP contribution in [0.4, 0.5) is 0 Å². The molecule has 1 atom stereocenters. The minimum atomic E-state index is 0.202. The van der Waals surface area contributed by atoms with E-state index in [4.69, 9.17) is 27.9 Å². The maximum atomic E-state index is 6.28. The Morgan fingerprint density at radius 3 is 2.84 bits per heavy atom. The second-order valence-corrected chi connectivity index (χ2v) is 5.13. The maximum absolute atomic E-state index is 6.28. The van der Waals surface area contributed by atoms with Crippen molar-refractivity contribution in [3.05, 3.63) is 23.2 Å². The van der Waals surface area contributed by atoms with Crippen molar-refractivity contribution in [3.8, 4) is 0 Å². The lowest BCUT2D eigenvalue weighted by Crippen LogP contribution is -2.17. The molecule has 0 N–H and O–H groups in total. The maximum Gasteiger partial charge on any atom is 0.111 e. The molecule has 4 nitrogen and oxygen atoms in total. The molecular weight excluding hydrogens is 285 g/mol. The van der Waals surface area contributed by atoms with Gasteiger partial charge >= 0.3 is 0 Å². The van der Waals surface area contributed by atoms with Crippen molar-refractivity contribution in [3.63, 3.8) is 0 Å². The normalized spacial score (nSPS) is 13.1. The van der Waals surface area contributed by atoms with E-state index < -0.39 is 0 Å². The second-order valence-electron chi connectivity index (χ2n) is 4.34. The quantitative estimate of drug-likeness (QED) is 0.767. The van der Waals surface area contributed by atoms with Gasteiger partial charge in [-0.15, -0.1) is 11.6 Å². The molecule has 2 aromatic rings. The van der Waals surface area contributed by atoms with Gasteiger partial charge in [0.1, 0.15) is 11.3 Å². The van der Waals surface area contributed by atoms with Gasteiger partial charge in [-0.2, -0.15) is 0 Å². The van der Waals surface area contributed by atoms with Crippen LogP contribution in [0.1, 0.15) is 25.2 Å². The highest BCUT2D eigenvalue weighted by Gasteiger charge is 2.19. The number of hydrogen-bond donors (Lipinski definition) is 0. The Morgan fingerprint density at radius 1 is 1.42 bits per heavy atom. The number of aromatic nitrogens is 3. The Hall–Kier alpha value is -0.840. The summed E-state index contributed by atoms with van der Waals surface area (Å²) in [6, 6.07) is 0.202. The zero-order valence-corrected chi connectivity index (χ0v) is 12.6. The molecule has 19 heavy (non-hydrogen) atoms. The highest BCUT2D eigenvalue weighted by Crippen LogP contribution is 2.28. The number of imidazole rings is 1. The lowest BCUT2D eigenvalue weighted by atomic mass is 10.2. The molecule has 0 aliphatic rings. The minimum Gasteiger partial charge on any atom is -0.383 e. The number of ether oxygens (including phenoxy) is 1. The molecule has 0 spiro atoms. The van der Waals surface area contributed by atoms with Crippen LogP contribution in [-0.2, 0) is 11.2 Å². The summed E-state index contributed by atoms with van der Waals surface area (Å²) in [6.07, 6.45) is 5.01. The highest BCUT2D eigenvalue weighted by molar-refractivity contribution is 6.34. The Labute approximate surface area is 122 Å². The van der Waals surface area contributed by atoms with Crippen molar-refractivity contribution in [2.45, 2.75) is 25.8 Å². The van der Waals surface area contributed by atoms with Gasteiger partial charge in [0.2, 0.25) is 0 Å². The lowest BCUT2D eigenvalue weighted by molar-refractivity contribution is 0.153. The zero-order valence-electron chi connectivity index (χ0n) is 11.1. The standard InChI is InChI=1S/C13H17Cl2N3O/c1-3-9(8-19-2)18-12(4-5-14)17-11-7-16-6-10(15)13(11)18/h6-7,9H,3-5,8H2,1-2H3. The van der Waals surface area contributed by atoms with E-state index in [1.54, 1.807) is 19.5 Å². The number of halogens is 2. The van der Waals surface area contributed by atoms with Gasteiger partial charge in [0.05, 0.1) is 29.4 Å². The summed E-state index contributed by atoms with van der Waals surface area (Å²) in [4.78, 5) is 8.68. The molecule has 0 radical (unpaired) electrons. The number of aryl methyl sites for hydroxylation is 1. The first kappa shape index (κ1) is 14.6. The molecule has 0 saturated carbocycles. The highest BCUT2D eigenvalue weighted by atomic mass is 35.5. The lowest BCUT2D eigenvalue weighted by Gasteiger charge is -2.19. The SMILES string of the molecule is CCC(COC)n1c(CCCl)nc2cncc(Cl)c21. The van der Waals surface area contributed by atoms with E-state index in [0.29, 0.717) is 23.9 Å². The van der Waals surface area contributed by atoms with Gasteiger partial charge in [-0.25, -0.2) is 4.98 Å². The monoisotopic (exact) mass is 301 g/mol. The van der Waals surface area contributed by atoms with Crippen molar-refractivity contribution < 1.29 is 4.74 Å². The smallest absolute Gasteiger partial charge is 0.111 e. The fourth-order valence-corrected chi connectivity index (χ4v) is 2.69. The minimum absolute atomic E-state index is 0.202. The molecule has 0 fully saturated rings. The largest absolute Gasteiger partial charge is 0.383 e. The van der Waals surface area contributed by atoms with Gasteiger partial charge < -0.3 is 9.30 Å². The van der Waals surface area contributed by atoms with E-state index in [0.717, 1.165) is 23.3 Å². The molecule has 2 rings (SSSR count). The van der Waals surface area contributed by atoms with Crippen LogP contribution in [-0.4, -0.2) is 34.1 Å². The fourth-order valence-electron chi connectivity index (χ4n) is 2.28. The molecule has 0 amide bonds. The number of nitrogens with zero attached hydrogens (tertiary/aromatic N) is 3. The molecule has 0 saturated heterocycles. The van der Waals surface area contributed by atoms with Crippen LogP contribution in [0, 0.1) is 0 Å². The summed E-state index contributed by atoms with van der Waals surface area (Å²) in [5.41, 5.74) is 1.72. The number of pyridine rings is 1. The Balaban J connectivity index is 2.62. The average Bonchev–Trinajstić information content (AvgIpc) is 2.76. The Kier molecular flexibility index (Phi) is 5.02. The molecule has 0 bridgehead atoms. The van der Waals surface area contributed by atoms with E-state index in [2.05, 4.69) is 21.5 Å².